The van der Waals surface area contributed by atoms with Crippen molar-refractivity contribution in [2.75, 3.05) is 34.3 Å². The Morgan fingerprint density at radius 3 is 2.52 bits per heavy atom. The smallest absolute Gasteiger partial charge is 0.469 e. The number of amides is 4. The zero-order valence-electron chi connectivity index (χ0n) is 14.4. The highest BCUT2D eigenvalue weighted by Gasteiger charge is 2.48. The minimum absolute atomic E-state index is 0.161. The first-order chi connectivity index (χ1) is 11.8. The van der Waals surface area contributed by atoms with E-state index in [1.165, 1.54) is 30.5 Å². The van der Waals surface area contributed by atoms with Gasteiger partial charge in [-0.2, -0.15) is 14.3 Å². The normalized spacial score (nSPS) is 24.4. The maximum absolute atomic E-state index is 12.7. The van der Waals surface area contributed by atoms with Crippen molar-refractivity contribution in [2.24, 2.45) is 11.8 Å². The van der Waals surface area contributed by atoms with Crippen LogP contribution < -0.4 is 0 Å². The second-order valence-electron chi connectivity index (χ2n) is 6.28. The van der Waals surface area contributed by atoms with Crippen molar-refractivity contribution < 1.29 is 28.5 Å². The van der Waals surface area contributed by atoms with Crippen molar-refractivity contribution in [3.63, 3.8) is 0 Å². The fraction of sp³-hybridized carbons (Fsp3) is 0.562. The molecule has 0 saturated carbocycles. The Kier molecular flexibility index (Phi) is 4.68. The Hall–Kier alpha value is -2.16. The van der Waals surface area contributed by atoms with Gasteiger partial charge in [0, 0.05) is 13.1 Å². The van der Waals surface area contributed by atoms with Crippen LogP contribution >= 0.6 is 11.8 Å². The first kappa shape index (κ1) is 17.7. The van der Waals surface area contributed by atoms with E-state index in [0.717, 1.165) is 4.90 Å². The number of nitrogens with zero attached hydrogens (tertiary/aromatic N) is 3. The number of rotatable bonds is 2. The highest BCUT2D eigenvalue weighted by Crippen LogP contribution is 2.36. The third-order valence-corrected chi connectivity index (χ3v) is 6.09. The van der Waals surface area contributed by atoms with E-state index in [9.17, 15) is 19.2 Å². The van der Waals surface area contributed by atoms with Crippen LogP contribution in [-0.4, -0.2) is 77.5 Å². The topological polar surface area (TPSA) is 87.0 Å². The summed E-state index contributed by atoms with van der Waals surface area (Å²) in [6, 6.07) is -0.398. The van der Waals surface area contributed by atoms with Crippen LogP contribution in [0.5, 0.6) is 0 Å². The third kappa shape index (κ3) is 2.97. The van der Waals surface area contributed by atoms with Gasteiger partial charge in [0.05, 0.1) is 32.0 Å². The molecule has 4 amide bonds. The maximum Gasteiger partial charge on any atom is 0.500 e. The van der Waals surface area contributed by atoms with Crippen molar-refractivity contribution in [3.8, 4) is 0 Å². The van der Waals surface area contributed by atoms with Crippen LogP contribution in [0.2, 0.25) is 0 Å². The van der Waals surface area contributed by atoms with E-state index < -0.39 is 11.9 Å². The third-order valence-electron chi connectivity index (χ3n) is 4.83. The predicted molar refractivity (Wildman–Crippen MR) is 89.8 cm³/mol. The van der Waals surface area contributed by atoms with E-state index in [4.69, 9.17) is 4.74 Å². The van der Waals surface area contributed by atoms with Crippen LogP contribution in [0, 0.1) is 11.8 Å². The number of methoxy groups -OCH3 is 1. The number of esters is 1. The lowest BCUT2D eigenvalue weighted by Gasteiger charge is -2.30. The van der Waals surface area contributed by atoms with Gasteiger partial charge in [0.25, 0.3) is 5.91 Å². The van der Waals surface area contributed by atoms with Gasteiger partial charge >= 0.3 is 17.9 Å². The molecule has 3 aliphatic rings. The fourth-order valence-corrected chi connectivity index (χ4v) is 4.42. The molecule has 25 heavy (non-hydrogen) atoms. The molecule has 1 unspecified atom stereocenters. The summed E-state index contributed by atoms with van der Waals surface area (Å²) in [6.07, 6.45) is 2.77. The monoisotopic (exact) mass is 366 g/mol. The Morgan fingerprint density at radius 1 is 1.28 bits per heavy atom. The van der Waals surface area contributed by atoms with E-state index >= 15 is 0 Å². The Balaban J connectivity index is 1.72. The summed E-state index contributed by atoms with van der Waals surface area (Å²) in [4.78, 5) is 51.8. The molecule has 9 heteroatoms. The molecular weight excluding hydrogens is 346 g/mol. The number of hydrogen-bond donors (Lipinski definition) is 0. The van der Waals surface area contributed by atoms with Crippen LogP contribution in [0.15, 0.2) is 11.0 Å². The summed E-state index contributed by atoms with van der Waals surface area (Å²) in [7, 11) is 4.40. The van der Waals surface area contributed by atoms with Gasteiger partial charge in [-0.1, -0.05) is 0 Å². The summed E-state index contributed by atoms with van der Waals surface area (Å²) < 4.78 is 6.17. The molecule has 0 N–H and O–H groups in total. The number of carbonyl (C=O) groups is 4. The van der Waals surface area contributed by atoms with Crippen LogP contribution in [0.25, 0.3) is 0 Å². The molecule has 0 spiro atoms. The lowest BCUT2D eigenvalue weighted by molar-refractivity contribution is -0.403. The van der Waals surface area contributed by atoms with Crippen LogP contribution in [0.1, 0.15) is 12.8 Å². The minimum atomic E-state index is -0.579. The predicted octanol–water partition coefficient (Wildman–Crippen LogP) is 0.278. The average Bonchev–Trinajstić information content (AvgIpc) is 3.09. The Morgan fingerprint density at radius 2 is 1.92 bits per heavy atom. The summed E-state index contributed by atoms with van der Waals surface area (Å²) in [5.74, 6) is -1.47. The SMILES string of the molecule is COC(=O)C1CCN(C(=O)C2=CC3C(=O)N(C)C(=O)[N+](C)=C3S2)CC1. The number of imide groups is 1. The van der Waals surface area contributed by atoms with Crippen molar-refractivity contribution in [1.29, 1.82) is 0 Å². The second-order valence-corrected chi connectivity index (χ2v) is 7.34. The van der Waals surface area contributed by atoms with Crippen LogP contribution in [-0.2, 0) is 19.1 Å². The molecule has 134 valence electrons. The molecule has 0 bridgehead atoms. The molecular formula is C16H20N3O5S+. The molecule has 0 aromatic heterocycles. The van der Waals surface area contributed by atoms with Gasteiger partial charge in [-0.25, -0.2) is 4.79 Å². The number of piperidine rings is 1. The largest absolute Gasteiger partial charge is 0.500 e. The quantitative estimate of drug-likeness (QED) is 0.515. The van der Waals surface area contributed by atoms with Crippen LogP contribution in [0.4, 0.5) is 4.79 Å². The average molecular weight is 366 g/mol. The fourth-order valence-electron chi connectivity index (χ4n) is 3.26. The van der Waals surface area contributed by atoms with E-state index in [0.29, 0.717) is 35.9 Å². The van der Waals surface area contributed by atoms with Gasteiger partial charge in [-0.3, -0.25) is 9.59 Å². The van der Waals surface area contributed by atoms with Gasteiger partial charge in [-0.05, 0) is 30.7 Å². The highest BCUT2D eigenvalue weighted by atomic mass is 32.2. The molecule has 3 heterocycles. The molecule has 0 aromatic rings. The number of fused-ring (bicyclic) bond motifs is 1. The number of hydrogen-bond acceptors (Lipinski definition) is 6. The van der Waals surface area contributed by atoms with Crippen molar-refractivity contribution in [1.82, 2.24) is 9.80 Å². The molecule has 0 aromatic carbocycles. The van der Waals surface area contributed by atoms with Gasteiger partial charge in [0.15, 0.2) is 5.04 Å². The maximum atomic E-state index is 12.7. The van der Waals surface area contributed by atoms with Gasteiger partial charge in [0.1, 0.15) is 5.92 Å². The lowest BCUT2D eigenvalue weighted by atomic mass is 9.97. The standard InChI is InChI=1S/C16H20N3O5S/c1-17-12(20)10-8-11(25-14(10)18(2)16(17)23)13(21)19-6-4-9(5-7-19)15(22)24-3/h8-10H,4-7H2,1-3H3/q+1. The van der Waals surface area contributed by atoms with Crippen molar-refractivity contribution in [2.45, 2.75) is 12.8 Å². The number of ether oxygens (including phenoxy) is 1. The first-order valence-corrected chi connectivity index (χ1v) is 8.85. The summed E-state index contributed by atoms with van der Waals surface area (Å²) in [5, 5.41) is 0.570. The molecule has 3 aliphatic heterocycles. The molecule has 1 saturated heterocycles. The van der Waals surface area contributed by atoms with Gasteiger partial charge in [-0.15, -0.1) is 0 Å². The molecule has 1 fully saturated rings. The Labute approximate surface area is 149 Å². The molecule has 0 radical (unpaired) electrons. The van der Waals surface area contributed by atoms with Crippen molar-refractivity contribution >= 4 is 40.6 Å². The van der Waals surface area contributed by atoms with Gasteiger partial charge in [0.2, 0.25) is 0 Å². The van der Waals surface area contributed by atoms with E-state index in [1.807, 2.05) is 0 Å². The molecule has 0 aliphatic carbocycles. The van der Waals surface area contributed by atoms with E-state index in [2.05, 4.69) is 0 Å². The number of likely N-dealkylation sites (tertiary alicyclic amines) is 1. The number of urea groups is 1. The lowest BCUT2D eigenvalue weighted by Crippen LogP contribution is -2.49. The molecule has 8 nitrogen and oxygen atoms in total. The van der Waals surface area contributed by atoms with E-state index in [1.54, 1.807) is 18.0 Å². The highest BCUT2D eigenvalue weighted by molar-refractivity contribution is 8.18. The summed E-state index contributed by atoms with van der Waals surface area (Å²) in [6.45, 7) is 0.943. The summed E-state index contributed by atoms with van der Waals surface area (Å²) in [5.41, 5.74) is 0. The van der Waals surface area contributed by atoms with E-state index in [-0.39, 0.29) is 23.7 Å². The zero-order chi connectivity index (χ0) is 18.3. The Bertz CT molecular complexity index is 721. The minimum Gasteiger partial charge on any atom is -0.469 e. The summed E-state index contributed by atoms with van der Waals surface area (Å²) >= 11 is 1.18. The second kappa shape index (κ2) is 6.62. The van der Waals surface area contributed by atoms with Gasteiger partial charge < -0.3 is 9.64 Å². The zero-order valence-corrected chi connectivity index (χ0v) is 15.2. The van der Waals surface area contributed by atoms with Crippen LogP contribution in [0.3, 0.4) is 0 Å². The first-order valence-electron chi connectivity index (χ1n) is 8.04. The van der Waals surface area contributed by atoms with Crippen molar-refractivity contribution in [3.05, 3.63) is 11.0 Å². The molecule has 1 atom stereocenters. The number of thioether (sulfide) groups is 1. The molecule has 3 rings (SSSR count). The number of carbonyl (C=O) groups excluding carboxylic acids is 4.